The van der Waals surface area contributed by atoms with Crippen molar-refractivity contribution in [3.05, 3.63) is 39.6 Å². The first-order chi connectivity index (χ1) is 8.13. The van der Waals surface area contributed by atoms with Crippen LogP contribution in [0.2, 0.25) is 0 Å². The summed E-state index contributed by atoms with van der Waals surface area (Å²) in [5.41, 5.74) is 2.68. The fraction of sp³-hybridized carbons (Fsp3) is 0.500. The van der Waals surface area contributed by atoms with Crippen molar-refractivity contribution < 1.29 is 0 Å². The molecule has 1 heteroatoms. The molecule has 0 amide bonds. The molecule has 0 saturated heterocycles. The molecule has 0 fully saturated rings. The number of hydrogen-bond donors (Lipinski definition) is 0. The molecule has 0 aliphatic carbocycles. The molecule has 0 saturated carbocycles. The summed E-state index contributed by atoms with van der Waals surface area (Å²) in [6.45, 7) is 16.5. The van der Waals surface area contributed by atoms with Crippen LogP contribution in [0.25, 0.3) is 5.57 Å². The zero-order valence-corrected chi connectivity index (χ0v) is 13.5. The van der Waals surface area contributed by atoms with Crippen LogP contribution in [0.3, 0.4) is 0 Å². The lowest BCUT2D eigenvalue weighted by Gasteiger charge is -1.96. The monoisotopic (exact) mass is 252 g/mol. The third kappa shape index (κ3) is 7.98. The lowest BCUT2D eigenvalue weighted by molar-refractivity contribution is 1.47. The molecule has 0 aromatic carbocycles. The zero-order chi connectivity index (χ0) is 13.8. The van der Waals surface area contributed by atoms with Crippen LogP contribution in [-0.2, 0) is 0 Å². The first-order valence-electron chi connectivity index (χ1n) is 6.51. The highest BCUT2D eigenvalue weighted by Crippen LogP contribution is 2.24. The average Bonchev–Trinajstić information content (AvgIpc) is 2.81. The maximum absolute atomic E-state index is 2.23. The number of hydrogen-bond acceptors (Lipinski definition) is 1. The van der Waals surface area contributed by atoms with Gasteiger partial charge < -0.3 is 0 Å². The van der Waals surface area contributed by atoms with Crippen molar-refractivity contribution in [2.24, 2.45) is 0 Å². The normalized spacial score (nSPS) is 11.1. The van der Waals surface area contributed by atoms with Gasteiger partial charge in [0.1, 0.15) is 0 Å². The highest BCUT2D eigenvalue weighted by atomic mass is 32.1. The van der Waals surface area contributed by atoms with Gasteiger partial charge >= 0.3 is 0 Å². The first-order valence-corrected chi connectivity index (χ1v) is 7.33. The molecular formula is C16H28S. The van der Waals surface area contributed by atoms with Gasteiger partial charge in [0.2, 0.25) is 0 Å². The van der Waals surface area contributed by atoms with Crippen molar-refractivity contribution in [3.63, 3.8) is 0 Å². The maximum atomic E-state index is 2.23. The Balaban J connectivity index is 0. The standard InChI is InChI=1S/C12H16S.2C2H6/c1-5-9(2)8-10(3)12-7-6-11(4)13-12;2*1-2/h5-8H,1-4H3;2*1-2H3/b9-5-,10-8+;;. The van der Waals surface area contributed by atoms with E-state index in [1.54, 1.807) is 0 Å². The summed E-state index contributed by atoms with van der Waals surface area (Å²) >= 11 is 1.85. The second-order valence-corrected chi connectivity index (χ2v) is 4.56. The van der Waals surface area contributed by atoms with Crippen LogP contribution in [0, 0.1) is 6.92 Å². The van der Waals surface area contributed by atoms with Crippen LogP contribution in [0.1, 0.15) is 58.2 Å². The SMILES string of the molecule is C/C=C(C)\C=C(/C)c1ccc(C)s1.CC.CC. The molecule has 1 rings (SSSR count). The molecule has 0 spiro atoms. The van der Waals surface area contributed by atoms with Crippen LogP contribution in [0.15, 0.2) is 29.9 Å². The first kappa shape index (κ1) is 18.5. The predicted molar refractivity (Wildman–Crippen MR) is 84.8 cm³/mol. The third-order valence-electron chi connectivity index (χ3n) is 2.03. The molecule has 0 unspecified atom stereocenters. The lowest BCUT2D eigenvalue weighted by Crippen LogP contribution is -1.73. The summed E-state index contributed by atoms with van der Waals surface area (Å²) in [6, 6.07) is 4.36. The Morgan fingerprint density at radius 3 is 1.94 bits per heavy atom. The summed E-state index contributed by atoms with van der Waals surface area (Å²) < 4.78 is 0. The third-order valence-corrected chi connectivity index (χ3v) is 3.16. The molecule has 1 aromatic rings. The van der Waals surface area contributed by atoms with Crippen molar-refractivity contribution in [1.82, 2.24) is 0 Å². The van der Waals surface area contributed by atoms with Crippen LogP contribution >= 0.6 is 11.3 Å². The van der Waals surface area contributed by atoms with E-state index in [1.165, 1.54) is 20.9 Å². The number of rotatable bonds is 2. The van der Waals surface area contributed by atoms with Crippen molar-refractivity contribution >= 4 is 16.9 Å². The minimum Gasteiger partial charge on any atom is -0.141 e. The molecule has 0 nitrogen and oxygen atoms in total. The minimum absolute atomic E-state index is 1.32. The fourth-order valence-corrected chi connectivity index (χ4v) is 1.98. The van der Waals surface area contributed by atoms with Gasteiger partial charge in [-0.2, -0.15) is 0 Å². The van der Waals surface area contributed by atoms with Gasteiger partial charge in [-0.05, 0) is 45.4 Å². The Kier molecular flexibility index (Phi) is 12.7. The summed E-state index contributed by atoms with van der Waals surface area (Å²) in [6.07, 6.45) is 4.36. The van der Waals surface area contributed by atoms with Crippen LogP contribution in [0.5, 0.6) is 0 Å². The minimum atomic E-state index is 1.32. The van der Waals surface area contributed by atoms with Gasteiger partial charge in [0.25, 0.3) is 0 Å². The van der Waals surface area contributed by atoms with Gasteiger partial charge in [-0.1, -0.05) is 45.4 Å². The van der Waals surface area contributed by atoms with Gasteiger partial charge in [-0.25, -0.2) is 0 Å². The van der Waals surface area contributed by atoms with E-state index in [2.05, 4.69) is 52.0 Å². The largest absolute Gasteiger partial charge is 0.141 e. The second-order valence-electron chi connectivity index (χ2n) is 3.27. The fourth-order valence-electron chi connectivity index (χ4n) is 1.14. The molecule has 0 atom stereocenters. The molecule has 1 heterocycles. The quantitative estimate of drug-likeness (QED) is 0.528. The summed E-state index contributed by atoms with van der Waals surface area (Å²) in [5, 5.41) is 0. The van der Waals surface area contributed by atoms with Gasteiger partial charge in [0.05, 0.1) is 0 Å². The molecule has 0 bridgehead atoms. The molecule has 1 aromatic heterocycles. The van der Waals surface area contributed by atoms with E-state index in [0.717, 1.165) is 0 Å². The predicted octanol–water partition coefficient (Wildman–Crippen LogP) is 6.48. The van der Waals surface area contributed by atoms with E-state index in [-0.39, 0.29) is 0 Å². The van der Waals surface area contributed by atoms with Crippen molar-refractivity contribution in [2.75, 3.05) is 0 Å². The summed E-state index contributed by atoms with van der Waals surface area (Å²) in [4.78, 5) is 2.75. The zero-order valence-electron chi connectivity index (χ0n) is 12.7. The molecule has 0 aliphatic rings. The number of allylic oxidation sites excluding steroid dienone is 4. The number of aryl methyl sites for hydroxylation is 1. The van der Waals surface area contributed by atoms with E-state index in [1.807, 2.05) is 39.0 Å². The van der Waals surface area contributed by atoms with E-state index in [9.17, 15) is 0 Å². The average molecular weight is 252 g/mol. The molecular weight excluding hydrogens is 224 g/mol. The van der Waals surface area contributed by atoms with Crippen molar-refractivity contribution in [2.45, 2.75) is 55.4 Å². The van der Waals surface area contributed by atoms with E-state index < -0.39 is 0 Å². The Labute approximate surface area is 112 Å². The van der Waals surface area contributed by atoms with Gasteiger partial charge in [-0.3, -0.25) is 0 Å². The van der Waals surface area contributed by atoms with Crippen LogP contribution < -0.4 is 0 Å². The lowest BCUT2D eigenvalue weighted by atomic mass is 10.1. The molecule has 0 N–H and O–H groups in total. The highest BCUT2D eigenvalue weighted by Gasteiger charge is 1.97. The summed E-state index contributed by atoms with van der Waals surface area (Å²) in [5.74, 6) is 0. The Hall–Kier alpha value is -0.820. The molecule has 0 radical (unpaired) electrons. The Morgan fingerprint density at radius 2 is 1.59 bits per heavy atom. The number of thiophene rings is 1. The van der Waals surface area contributed by atoms with Crippen LogP contribution in [0.4, 0.5) is 0 Å². The topological polar surface area (TPSA) is 0 Å². The van der Waals surface area contributed by atoms with Gasteiger partial charge in [0, 0.05) is 9.75 Å². The van der Waals surface area contributed by atoms with E-state index in [0.29, 0.717) is 0 Å². The Morgan fingerprint density at radius 1 is 1.06 bits per heavy atom. The Bertz CT molecular complexity index is 340. The van der Waals surface area contributed by atoms with E-state index in [4.69, 9.17) is 0 Å². The molecule has 17 heavy (non-hydrogen) atoms. The van der Waals surface area contributed by atoms with E-state index >= 15 is 0 Å². The molecule has 98 valence electrons. The van der Waals surface area contributed by atoms with Crippen LogP contribution in [-0.4, -0.2) is 0 Å². The highest BCUT2D eigenvalue weighted by molar-refractivity contribution is 7.13. The van der Waals surface area contributed by atoms with Gasteiger partial charge in [0.15, 0.2) is 0 Å². The van der Waals surface area contributed by atoms with Crippen molar-refractivity contribution in [3.8, 4) is 0 Å². The molecule has 0 aliphatic heterocycles. The summed E-state index contributed by atoms with van der Waals surface area (Å²) in [7, 11) is 0. The van der Waals surface area contributed by atoms with Gasteiger partial charge in [-0.15, -0.1) is 11.3 Å². The smallest absolute Gasteiger partial charge is 0.0302 e. The second kappa shape index (κ2) is 11.7. The van der Waals surface area contributed by atoms with Crippen molar-refractivity contribution in [1.29, 1.82) is 0 Å². The maximum Gasteiger partial charge on any atom is 0.0302 e.